The van der Waals surface area contributed by atoms with Gasteiger partial charge in [0, 0.05) is 17.9 Å². The predicted octanol–water partition coefficient (Wildman–Crippen LogP) is 4.43. The first kappa shape index (κ1) is 16.1. The van der Waals surface area contributed by atoms with Gasteiger partial charge >= 0.3 is 0 Å². The Bertz CT molecular complexity index is 594. The highest BCUT2D eigenvalue weighted by Gasteiger charge is 2.11. The molecule has 1 aromatic heterocycles. The zero-order chi connectivity index (χ0) is 15.2. The minimum atomic E-state index is -0.143. The van der Waals surface area contributed by atoms with Crippen LogP contribution in [0, 0.1) is 0 Å². The summed E-state index contributed by atoms with van der Waals surface area (Å²) in [5.41, 5.74) is 6.46. The molecule has 0 atom stereocenters. The molecular weight excluding hydrogens is 331 g/mol. The Balaban J connectivity index is 1.79. The van der Waals surface area contributed by atoms with Gasteiger partial charge in [0.1, 0.15) is 5.76 Å². The van der Waals surface area contributed by atoms with Gasteiger partial charge in [0.15, 0.2) is 0 Å². The molecule has 0 fully saturated rings. The molecular formula is C14H14Cl2N2O2S. The van der Waals surface area contributed by atoms with Crippen molar-refractivity contribution in [2.45, 2.75) is 12.2 Å². The third-order valence-corrected chi connectivity index (χ3v) is 4.20. The van der Waals surface area contributed by atoms with Gasteiger partial charge in [0.2, 0.25) is 5.91 Å². The monoisotopic (exact) mass is 344 g/mol. The number of benzene rings is 1. The second-order valence-electron chi connectivity index (χ2n) is 4.29. The average Bonchev–Trinajstić information content (AvgIpc) is 2.92. The Labute approximate surface area is 137 Å². The summed E-state index contributed by atoms with van der Waals surface area (Å²) in [6, 6.07) is 6.85. The number of hydrogen-bond acceptors (Lipinski definition) is 4. The predicted molar refractivity (Wildman–Crippen MR) is 89.0 cm³/mol. The highest BCUT2D eigenvalue weighted by molar-refractivity contribution is 7.98. The lowest BCUT2D eigenvalue weighted by atomic mass is 10.2. The van der Waals surface area contributed by atoms with Crippen molar-refractivity contribution in [2.24, 2.45) is 0 Å². The Morgan fingerprint density at radius 2 is 2.05 bits per heavy atom. The van der Waals surface area contributed by atoms with Gasteiger partial charge in [-0.05, 0) is 24.3 Å². The van der Waals surface area contributed by atoms with E-state index < -0.39 is 0 Å². The van der Waals surface area contributed by atoms with Crippen LogP contribution in [0.2, 0.25) is 10.0 Å². The lowest BCUT2D eigenvalue weighted by Crippen LogP contribution is -2.13. The molecule has 2 rings (SSSR count). The fraction of sp³-hybridized carbons (Fsp3) is 0.214. The number of rotatable bonds is 6. The molecule has 21 heavy (non-hydrogen) atoms. The smallest absolute Gasteiger partial charge is 0.225 e. The van der Waals surface area contributed by atoms with Crippen molar-refractivity contribution >= 4 is 52.2 Å². The molecule has 4 nitrogen and oxygen atoms in total. The standard InChI is InChI=1S/C14H14Cl2N2O2S/c15-11-6-9(17)7-12(16)14(11)18-13(19)3-5-21-8-10-2-1-4-20-10/h1-2,4,6-7H,3,5,8,17H2,(H,18,19). The molecule has 0 aliphatic rings. The summed E-state index contributed by atoms with van der Waals surface area (Å²) in [6.07, 6.45) is 2.00. The van der Waals surface area contributed by atoms with Gasteiger partial charge in [-0.2, -0.15) is 11.8 Å². The molecule has 0 saturated carbocycles. The molecule has 0 aliphatic carbocycles. The van der Waals surface area contributed by atoms with E-state index in [1.807, 2.05) is 12.1 Å². The van der Waals surface area contributed by atoms with Crippen molar-refractivity contribution in [3.8, 4) is 0 Å². The Kier molecular flexibility index (Phi) is 5.85. The van der Waals surface area contributed by atoms with Gasteiger partial charge in [-0.15, -0.1) is 0 Å². The van der Waals surface area contributed by atoms with Crippen LogP contribution in [-0.2, 0) is 10.5 Å². The Hall–Kier alpha value is -1.30. The van der Waals surface area contributed by atoms with Gasteiger partial charge in [-0.3, -0.25) is 4.79 Å². The minimum absolute atomic E-state index is 0.143. The molecule has 0 unspecified atom stereocenters. The van der Waals surface area contributed by atoms with E-state index in [1.54, 1.807) is 30.2 Å². The molecule has 0 saturated heterocycles. The van der Waals surface area contributed by atoms with Gasteiger partial charge in [-0.1, -0.05) is 23.2 Å². The molecule has 1 aromatic carbocycles. The average molecular weight is 345 g/mol. The molecule has 0 aliphatic heterocycles. The molecule has 1 amide bonds. The largest absolute Gasteiger partial charge is 0.468 e. The number of nitrogens with one attached hydrogen (secondary N) is 1. The number of thioether (sulfide) groups is 1. The van der Waals surface area contributed by atoms with Crippen molar-refractivity contribution in [1.29, 1.82) is 0 Å². The van der Waals surface area contributed by atoms with Gasteiger partial charge in [0.05, 0.1) is 27.7 Å². The third-order valence-electron chi connectivity index (χ3n) is 2.63. The Morgan fingerprint density at radius 1 is 1.33 bits per heavy atom. The SMILES string of the molecule is Nc1cc(Cl)c(NC(=O)CCSCc2ccco2)c(Cl)c1. The van der Waals surface area contributed by atoms with E-state index in [0.29, 0.717) is 33.6 Å². The Morgan fingerprint density at radius 3 is 2.67 bits per heavy atom. The third kappa shape index (κ3) is 4.88. The van der Waals surface area contributed by atoms with E-state index in [4.69, 9.17) is 33.4 Å². The van der Waals surface area contributed by atoms with Gasteiger partial charge < -0.3 is 15.5 Å². The van der Waals surface area contributed by atoms with Crippen LogP contribution in [0.1, 0.15) is 12.2 Å². The van der Waals surface area contributed by atoms with Crippen LogP contribution < -0.4 is 11.1 Å². The van der Waals surface area contributed by atoms with Crippen LogP contribution in [0.5, 0.6) is 0 Å². The fourth-order valence-corrected chi connectivity index (χ4v) is 3.08. The number of furan rings is 1. The fourth-order valence-electron chi connectivity index (χ4n) is 1.65. The first-order valence-electron chi connectivity index (χ1n) is 6.21. The lowest BCUT2D eigenvalue weighted by molar-refractivity contribution is -0.115. The first-order chi connectivity index (χ1) is 10.1. The highest BCUT2D eigenvalue weighted by Crippen LogP contribution is 2.32. The van der Waals surface area contributed by atoms with E-state index in [2.05, 4.69) is 5.32 Å². The van der Waals surface area contributed by atoms with Crippen LogP contribution in [0.15, 0.2) is 34.9 Å². The van der Waals surface area contributed by atoms with Crippen LogP contribution in [0.4, 0.5) is 11.4 Å². The number of carbonyl (C=O) groups excluding carboxylic acids is 1. The lowest BCUT2D eigenvalue weighted by Gasteiger charge is -2.10. The minimum Gasteiger partial charge on any atom is -0.468 e. The number of halogens is 2. The molecule has 1 heterocycles. The summed E-state index contributed by atoms with van der Waals surface area (Å²) in [5, 5.41) is 3.36. The maximum absolute atomic E-state index is 11.9. The number of anilines is 2. The summed E-state index contributed by atoms with van der Waals surface area (Å²) >= 11 is 13.6. The van der Waals surface area contributed by atoms with Gasteiger partial charge in [0.25, 0.3) is 0 Å². The van der Waals surface area contributed by atoms with E-state index in [1.165, 1.54) is 0 Å². The van der Waals surface area contributed by atoms with Gasteiger partial charge in [-0.25, -0.2) is 0 Å². The number of amides is 1. The molecule has 0 spiro atoms. The molecule has 0 radical (unpaired) electrons. The maximum Gasteiger partial charge on any atom is 0.225 e. The molecule has 7 heteroatoms. The normalized spacial score (nSPS) is 10.6. The van der Waals surface area contributed by atoms with E-state index in [0.717, 1.165) is 11.5 Å². The molecule has 2 aromatic rings. The van der Waals surface area contributed by atoms with Crippen molar-refractivity contribution in [1.82, 2.24) is 0 Å². The second kappa shape index (κ2) is 7.64. The van der Waals surface area contributed by atoms with Crippen molar-refractivity contribution in [3.63, 3.8) is 0 Å². The number of nitrogens with two attached hydrogens (primary N) is 1. The van der Waals surface area contributed by atoms with Crippen molar-refractivity contribution in [2.75, 3.05) is 16.8 Å². The van der Waals surface area contributed by atoms with Crippen LogP contribution in [0.25, 0.3) is 0 Å². The summed E-state index contributed by atoms with van der Waals surface area (Å²) in [4.78, 5) is 11.9. The number of nitrogen functional groups attached to an aromatic ring is 1. The highest BCUT2D eigenvalue weighted by atomic mass is 35.5. The zero-order valence-corrected chi connectivity index (χ0v) is 13.4. The zero-order valence-electron chi connectivity index (χ0n) is 11.1. The summed E-state index contributed by atoms with van der Waals surface area (Å²) in [5.74, 6) is 2.17. The van der Waals surface area contributed by atoms with E-state index in [-0.39, 0.29) is 5.91 Å². The molecule has 112 valence electrons. The topological polar surface area (TPSA) is 68.3 Å². The first-order valence-corrected chi connectivity index (χ1v) is 8.12. The van der Waals surface area contributed by atoms with E-state index >= 15 is 0 Å². The quantitative estimate of drug-likeness (QED) is 0.600. The summed E-state index contributed by atoms with van der Waals surface area (Å²) in [7, 11) is 0. The van der Waals surface area contributed by atoms with Crippen molar-refractivity contribution < 1.29 is 9.21 Å². The number of carbonyl (C=O) groups is 1. The maximum atomic E-state index is 11.9. The molecule has 3 N–H and O–H groups in total. The van der Waals surface area contributed by atoms with E-state index in [9.17, 15) is 4.79 Å². The van der Waals surface area contributed by atoms with Crippen LogP contribution in [-0.4, -0.2) is 11.7 Å². The number of hydrogen-bond donors (Lipinski definition) is 2. The van der Waals surface area contributed by atoms with Crippen LogP contribution >= 0.6 is 35.0 Å². The summed E-state index contributed by atoms with van der Waals surface area (Å²) in [6.45, 7) is 0. The van der Waals surface area contributed by atoms with Crippen molar-refractivity contribution in [3.05, 3.63) is 46.3 Å². The summed E-state index contributed by atoms with van der Waals surface area (Å²) < 4.78 is 5.21. The van der Waals surface area contributed by atoms with Crippen LogP contribution in [0.3, 0.4) is 0 Å². The second-order valence-corrected chi connectivity index (χ2v) is 6.21. The molecule has 0 bridgehead atoms.